The first-order chi connectivity index (χ1) is 18.5. The number of azo groups is 1. The molecule has 4 rings (SSSR count). The van der Waals surface area contributed by atoms with E-state index in [-0.39, 0.29) is 22.0 Å². The lowest BCUT2D eigenvalue weighted by atomic mass is 10.0. The highest BCUT2D eigenvalue weighted by Gasteiger charge is 2.20. The maximum absolute atomic E-state index is 13.2. The zero-order valence-electron chi connectivity index (χ0n) is 20.8. The quantitative estimate of drug-likeness (QED) is 0.142. The Morgan fingerprint density at radius 2 is 1.77 bits per heavy atom. The number of aryl methyl sites for hydroxylation is 1. The van der Waals surface area contributed by atoms with E-state index in [0.717, 1.165) is 0 Å². The molecule has 4 aromatic carbocycles. The van der Waals surface area contributed by atoms with Gasteiger partial charge in [-0.2, -0.15) is 13.5 Å². The maximum Gasteiger partial charge on any atom is 0.296 e. The first-order valence-corrected chi connectivity index (χ1v) is 13.9. The van der Waals surface area contributed by atoms with Crippen molar-refractivity contribution < 1.29 is 27.6 Å². The third-order valence-electron chi connectivity index (χ3n) is 5.73. The van der Waals surface area contributed by atoms with Crippen LogP contribution in [0.4, 0.5) is 17.1 Å². The van der Waals surface area contributed by atoms with Crippen LogP contribution in [-0.2, 0) is 16.5 Å². The summed E-state index contributed by atoms with van der Waals surface area (Å²) in [5.74, 6) is -0.558. The Bertz CT molecular complexity index is 1720. The molecule has 3 N–H and O–H groups in total. The Balaban J connectivity index is 1.78. The Labute approximate surface area is 234 Å². The fourth-order valence-corrected chi connectivity index (χ4v) is 5.21. The second kappa shape index (κ2) is 11.6. The van der Waals surface area contributed by atoms with Gasteiger partial charge in [-0.15, -0.1) is 5.11 Å². The number of amides is 1. The zero-order chi connectivity index (χ0) is 28.3. The number of ether oxygens (including phenoxy) is 1. The van der Waals surface area contributed by atoms with Gasteiger partial charge in [0.05, 0.1) is 22.9 Å². The SMILES string of the molecule is CCOc1cc(Cl)cc(NC(=O)c2cc3ccccc3c(N=Nc3cc(Cl)c(S(=O)(=O)O)cc3CC)c2O)c1. The molecule has 9 nitrogen and oxygen atoms in total. The molecule has 202 valence electrons. The van der Waals surface area contributed by atoms with Crippen LogP contribution in [0.25, 0.3) is 10.8 Å². The normalized spacial score (nSPS) is 11.7. The second-order valence-corrected chi connectivity index (χ2v) is 10.6. The molecule has 0 aliphatic heterocycles. The van der Waals surface area contributed by atoms with Gasteiger partial charge in [0, 0.05) is 22.2 Å². The van der Waals surface area contributed by atoms with Gasteiger partial charge in [-0.3, -0.25) is 9.35 Å². The van der Waals surface area contributed by atoms with Crippen molar-refractivity contribution in [3.63, 3.8) is 0 Å². The molecule has 0 spiro atoms. The summed E-state index contributed by atoms with van der Waals surface area (Å²) >= 11 is 12.2. The molecule has 0 saturated heterocycles. The molecule has 0 bridgehead atoms. The highest BCUT2D eigenvalue weighted by molar-refractivity contribution is 7.86. The van der Waals surface area contributed by atoms with E-state index in [1.165, 1.54) is 18.2 Å². The van der Waals surface area contributed by atoms with Crippen LogP contribution in [-0.4, -0.2) is 30.6 Å². The number of fused-ring (bicyclic) bond motifs is 1. The number of hydrogen-bond donors (Lipinski definition) is 3. The van der Waals surface area contributed by atoms with Crippen LogP contribution < -0.4 is 10.1 Å². The summed E-state index contributed by atoms with van der Waals surface area (Å²) in [5.41, 5.74) is 1.01. The lowest BCUT2D eigenvalue weighted by molar-refractivity contribution is 0.102. The van der Waals surface area contributed by atoms with Crippen molar-refractivity contribution in [1.29, 1.82) is 0 Å². The first-order valence-electron chi connectivity index (χ1n) is 11.7. The highest BCUT2D eigenvalue weighted by atomic mass is 35.5. The molecule has 1 amide bonds. The van der Waals surface area contributed by atoms with Crippen LogP contribution in [0.2, 0.25) is 10.0 Å². The minimum Gasteiger partial charge on any atom is -0.505 e. The van der Waals surface area contributed by atoms with Crippen LogP contribution >= 0.6 is 23.2 Å². The number of aromatic hydroxyl groups is 1. The topological polar surface area (TPSA) is 138 Å². The molecule has 39 heavy (non-hydrogen) atoms. The average Bonchev–Trinajstić information content (AvgIpc) is 2.87. The third-order valence-corrected chi connectivity index (χ3v) is 7.27. The Hall–Kier alpha value is -3.70. The fraction of sp³-hybridized carbons (Fsp3) is 0.148. The predicted octanol–water partition coefficient (Wildman–Crippen LogP) is 7.73. The standard InChI is InChI=1S/C27H23Cl2N3O6S/c1-3-15-10-24(39(35,36)37)22(29)14-23(15)31-32-25-20-8-6-5-7-16(20)9-21(26(25)33)27(34)30-18-11-17(28)12-19(13-18)38-4-2/h5-14,33H,3-4H2,1-2H3,(H,30,34)(H,35,36,37). The molecule has 0 heterocycles. The molecular formula is C27H23Cl2N3O6S. The van der Waals surface area contributed by atoms with E-state index in [1.54, 1.807) is 49.4 Å². The van der Waals surface area contributed by atoms with E-state index in [2.05, 4.69) is 15.5 Å². The zero-order valence-corrected chi connectivity index (χ0v) is 23.1. The number of benzene rings is 4. The van der Waals surface area contributed by atoms with Crippen LogP contribution in [0.15, 0.2) is 75.8 Å². The number of hydrogen-bond acceptors (Lipinski definition) is 7. The van der Waals surface area contributed by atoms with Crippen LogP contribution in [0, 0.1) is 0 Å². The molecule has 0 aliphatic rings. The number of phenolic OH excluding ortho intramolecular Hbond substituents is 1. The molecule has 0 fully saturated rings. The van der Waals surface area contributed by atoms with Gasteiger partial charge >= 0.3 is 0 Å². The van der Waals surface area contributed by atoms with Crippen LogP contribution in [0.5, 0.6) is 11.5 Å². The van der Waals surface area contributed by atoms with E-state index in [1.807, 2.05) is 6.92 Å². The minimum absolute atomic E-state index is 0.0244. The summed E-state index contributed by atoms with van der Waals surface area (Å²) in [6, 6.07) is 15.8. The summed E-state index contributed by atoms with van der Waals surface area (Å²) < 4.78 is 38.2. The fourth-order valence-electron chi connectivity index (χ4n) is 3.94. The van der Waals surface area contributed by atoms with E-state index in [0.29, 0.717) is 45.8 Å². The van der Waals surface area contributed by atoms with Gasteiger partial charge in [-0.25, -0.2) is 0 Å². The number of carbonyl (C=O) groups excluding carboxylic acids is 1. The van der Waals surface area contributed by atoms with Crippen LogP contribution in [0.3, 0.4) is 0 Å². The number of carbonyl (C=O) groups is 1. The van der Waals surface area contributed by atoms with Crippen LogP contribution in [0.1, 0.15) is 29.8 Å². The number of phenols is 1. The minimum atomic E-state index is -4.54. The van der Waals surface area contributed by atoms with Gasteiger partial charge in [-0.1, -0.05) is 54.4 Å². The lowest BCUT2D eigenvalue weighted by Gasteiger charge is -2.13. The van der Waals surface area contributed by atoms with Gasteiger partial charge in [-0.05, 0) is 54.6 Å². The van der Waals surface area contributed by atoms with E-state index >= 15 is 0 Å². The monoisotopic (exact) mass is 587 g/mol. The molecule has 0 radical (unpaired) electrons. The molecular weight excluding hydrogens is 565 g/mol. The van der Waals surface area contributed by atoms with Gasteiger partial charge in [0.25, 0.3) is 16.0 Å². The Kier molecular flexibility index (Phi) is 8.41. The van der Waals surface area contributed by atoms with Crippen molar-refractivity contribution in [2.75, 3.05) is 11.9 Å². The average molecular weight is 588 g/mol. The van der Waals surface area contributed by atoms with Crippen molar-refractivity contribution in [3.8, 4) is 11.5 Å². The maximum atomic E-state index is 13.2. The largest absolute Gasteiger partial charge is 0.505 e. The Morgan fingerprint density at radius 3 is 2.46 bits per heavy atom. The highest BCUT2D eigenvalue weighted by Crippen LogP contribution is 2.41. The first kappa shape index (κ1) is 28.3. The summed E-state index contributed by atoms with van der Waals surface area (Å²) in [7, 11) is -4.54. The number of halogens is 2. The summed E-state index contributed by atoms with van der Waals surface area (Å²) in [4.78, 5) is 12.8. The molecule has 4 aromatic rings. The molecule has 0 aliphatic carbocycles. The summed E-state index contributed by atoms with van der Waals surface area (Å²) in [6.07, 6.45) is 0.354. The number of nitrogens with zero attached hydrogens (tertiary/aromatic N) is 2. The predicted molar refractivity (Wildman–Crippen MR) is 151 cm³/mol. The van der Waals surface area contributed by atoms with Crippen molar-refractivity contribution in [2.45, 2.75) is 25.2 Å². The van der Waals surface area contributed by atoms with Gasteiger partial charge in [0.15, 0.2) is 5.75 Å². The van der Waals surface area contributed by atoms with Gasteiger partial charge in [0.1, 0.15) is 16.3 Å². The van der Waals surface area contributed by atoms with Gasteiger partial charge < -0.3 is 15.2 Å². The molecule has 0 unspecified atom stereocenters. The number of rotatable bonds is 8. The number of nitrogens with one attached hydrogen (secondary N) is 1. The van der Waals surface area contributed by atoms with Crippen molar-refractivity contribution in [1.82, 2.24) is 0 Å². The molecule has 0 atom stereocenters. The third kappa shape index (κ3) is 6.31. The molecule has 12 heteroatoms. The molecule has 0 aromatic heterocycles. The van der Waals surface area contributed by atoms with E-state index in [4.69, 9.17) is 27.9 Å². The summed E-state index contributed by atoms with van der Waals surface area (Å²) in [5, 5.41) is 23.6. The second-order valence-electron chi connectivity index (χ2n) is 8.35. The van der Waals surface area contributed by atoms with Gasteiger partial charge in [0.2, 0.25) is 0 Å². The summed E-state index contributed by atoms with van der Waals surface area (Å²) in [6.45, 7) is 4.00. The number of anilines is 1. The molecule has 0 saturated carbocycles. The van der Waals surface area contributed by atoms with Crippen molar-refractivity contribution >= 4 is 67.1 Å². The van der Waals surface area contributed by atoms with Crippen molar-refractivity contribution in [3.05, 3.63) is 81.8 Å². The smallest absolute Gasteiger partial charge is 0.296 e. The van der Waals surface area contributed by atoms with Crippen molar-refractivity contribution in [2.24, 2.45) is 10.2 Å². The lowest BCUT2D eigenvalue weighted by Crippen LogP contribution is -2.12. The van der Waals surface area contributed by atoms with E-state index in [9.17, 15) is 22.9 Å². The Morgan fingerprint density at radius 1 is 1.03 bits per heavy atom. The van der Waals surface area contributed by atoms with E-state index < -0.39 is 26.7 Å².